The predicted octanol–water partition coefficient (Wildman–Crippen LogP) is 3.18. The first-order valence-electron chi connectivity index (χ1n) is 11.4. The van der Waals surface area contributed by atoms with Crippen molar-refractivity contribution in [2.75, 3.05) is 26.2 Å². The summed E-state index contributed by atoms with van der Waals surface area (Å²) in [6.07, 6.45) is 0.990. The maximum Gasteiger partial charge on any atom is 0.243 e. The third kappa shape index (κ3) is 6.42. The third-order valence-electron chi connectivity index (χ3n) is 6.04. The number of amides is 2. The van der Waals surface area contributed by atoms with Crippen LogP contribution in [0.1, 0.15) is 48.9 Å². The fourth-order valence-electron chi connectivity index (χ4n) is 3.90. The van der Waals surface area contributed by atoms with Crippen LogP contribution in [-0.4, -0.2) is 55.6 Å². The van der Waals surface area contributed by atoms with E-state index >= 15 is 0 Å². The van der Waals surface area contributed by atoms with E-state index in [1.807, 2.05) is 45.0 Å². The van der Waals surface area contributed by atoms with Crippen molar-refractivity contribution < 1.29 is 18.0 Å². The Morgan fingerprint density at radius 2 is 1.42 bits per heavy atom. The minimum atomic E-state index is -3.57. The van der Waals surface area contributed by atoms with Gasteiger partial charge in [0.15, 0.2) is 0 Å². The molecule has 1 heterocycles. The van der Waals surface area contributed by atoms with Crippen LogP contribution in [0.5, 0.6) is 0 Å². The molecule has 7 nitrogen and oxygen atoms in total. The van der Waals surface area contributed by atoms with Crippen LogP contribution in [0.2, 0.25) is 0 Å². The lowest BCUT2D eigenvalue weighted by Gasteiger charge is -2.34. The Morgan fingerprint density at radius 3 is 1.97 bits per heavy atom. The molecule has 178 valence electrons. The first kappa shape index (κ1) is 24.9. The van der Waals surface area contributed by atoms with Crippen molar-refractivity contribution in [1.29, 1.82) is 0 Å². The smallest absolute Gasteiger partial charge is 0.243 e. The molecular weight excluding hydrogens is 438 g/mol. The van der Waals surface area contributed by atoms with Crippen LogP contribution >= 0.6 is 0 Å². The average molecular weight is 472 g/mol. The molecule has 2 aromatic carbocycles. The summed E-state index contributed by atoms with van der Waals surface area (Å²) in [5.41, 5.74) is 3.21. The lowest BCUT2D eigenvalue weighted by atomic mass is 10.0. The Morgan fingerprint density at radius 1 is 0.879 bits per heavy atom. The Labute approximate surface area is 196 Å². The van der Waals surface area contributed by atoms with Gasteiger partial charge in [-0.05, 0) is 38.0 Å². The van der Waals surface area contributed by atoms with Crippen molar-refractivity contribution in [3.05, 3.63) is 65.2 Å². The molecule has 3 rings (SSSR count). The van der Waals surface area contributed by atoms with Crippen LogP contribution in [0, 0.1) is 13.8 Å². The zero-order valence-corrected chi connectivity index (χ0v) is 20.4. The standard InChI is InChI=1S/C25H33N3O4S/c1-4-23(21-9-5-19(2)6-10-21)26-24(29)13-14-25(30)27-15-17-28(18-16-27)33(31,32)22-11-7-20(3)8-12-22/h5-12,23H,4,13-18H2,1-3H3,(H,26,29)/t23-/m0/s1. The second kappa shape index (κ2) is 10.9. The van der Waals surface area contributed by atoms with Crippen molar-refractivity contribution in [3.8, 4) is 0 Å². The van der Waals surface area contributed by atoms with Gasteiger partial charge in [0.2, 0.25) is 21.8 Å². The number of carbonyl (C=O) groups is 2. The molecule has 0 radical (unpaired) electrons. The van der Waals surface area contributed by atoms with E-state index in [1.54, 1.807) is 29.2 Å². The number of hydrogen-bond donors (Lipinski definition) is 1. The molecule has 1 atom stereocenters. The highest BCUT2D eigenvalue weighted by molar-refractivity contribution is 7.89. The van der Waals surface area contributed by atoms with Gasteiger partial charge in [0, 0.05) is 39.0 Å². The van der Waals surface area contributed by atoms with Gasteiger partial charge in [-0.25, -0.2) is 8.42 Å². The number of benzene rings is 2. The molecule has 1 aliphatic heterocycles. The van der Waals surface area contributed by atoms with Gasteiger partial charge in [0.25, 0.3) is 0 Å². The fourth-order valence-corrected chi connectivity index (χ4v) is 5.32. The molecular formula is C25H33N3O4S. The van der Waals surface area contributed by atoms with Gasteiger partial charge in [-0.2, -0.15) is 4.31 Å². The number of carbonyl (C=O) groups excluding carboxylic acids is 2. The van der Waals surface area contributed by atoms with E-state index in [1.165, 1.54) is 4.31 Å². The number of aryl methyl sites for hydroxylation is 2. The highest BCUT2D eigenvalue weighted by Gasteiger charge is 2.30. The maximum absolute atomic E-state index is 12.8. The number of hydrogen-bond acceptors (Lipinski definition) is 4. The van der Waals surface area contributed by atoms with Crippen molar-refractivity contribution in [1.82, 2.24) is 14.5 Å². The van der Waals surface area contributed by atoms with Gasteiger partial charge in [0.1, 0.15) is 0 Å². The normalized spacial score (nSPS) is 15.8. The molecule has 1 fully saturated rings. The van der Waals surface area contributed by atoms with Gasteiger partial charge in [-0.3, -0.25) is 9.59 Å². The number of nitrogens with zero attached hydrogens (tertiary/aromatic N) is 2. The zero-order valence-electron chi connectivity index (χ0n) is 19.6. The van der Waals surface area contributed by atoms with Gasteiger partial charge in [-0.1, -0.05) is 54.4 Å². The molecule has 0 bridgehead atoms. The number of sulfonamides is 1. The quantitative estimate of drug-likeness (QED) is 0.641. The maximum atomic E-state index is 12.8. The summed E-state index contributed by atoms with van der Waals surface area (Å²) in [7, 11) is -3.57. The molecule has 0 unspecified atom stereocenters. The summed E-state index contributed by atoms with van der Waals surface area (Å²) in [6, 6.07) is 14.8. The molecule has 8 heteroatoms. The molecule has 0 aliphatic carbocycles. The Bertz CT molecular complexity index is 1060. The summed E-state index contributed by atoms with van der Waals surface area (Å²) in [6.45, 7) is 7.09. The van der Waals surface area contributed by atoms with Crippen molar-refractivity contribution in [2.24, 2.45) is 0 Å². The van der Waals surface area contributed by atoms with Crippen LogP contribution in [0.4, 0.5) is 0 Å². The first-order chi connectivity index (χ1) is 15.7. The molecule has 1 aliphatic rings. The van der Waals surface area contributed by atoms with Crippen molar-refractivity contribution in [2.45, 2.75) is 51.0 Å². The van der Waals surface area contributed by atoms with Crippen LogP contribution in [-0.2, 0) is 19.6 Å². The molecule has 1 saturated heterocycles. The largest absolute Gasteiger partial charge is 0.349 e. The lowest BCUT2D eigenvalue weighted by Crippen LogP contribution is -2.50. The average Bonchev–Trinajstić information content (AvgIpc) is 2.82. The fraction of sp³-hybridized carbons (Fsp3) is 0.440. The Hall–Kier alpha value is -2.71. The summed E-state index contributed by atoms with van der Waals surface area (Å²) in [4.78, 5) is 27.0. The minimum absolute atomic E-state index is 0.0799. The highest BCUT2D eigenvalue weighted by atomic mass is 32.2. The van der Waals surface area contributed by atoms with Gasteiger partial charge >= 0.3 is 0 Å². The van der Waals surface area contributed by atoms with E-state index in [0.29, 0.717) is 13.1 Å². The monoisotopic (exact) mass is 471 g/mol. The highest BCUT2D eigenvalue weighted by Crippen LogP contribution is 2.19. The van der Waals surface area contributed by atoms with E-state index in [2.05, 4.69) is 5.32 Å². The second-order valence-electron chi connectivity index (χ2n) is 8.54. The molecule has 0 aromatic heterocycles. The van der Waals surface area contributed by atoms with Crippen LogP contribution in [0.3, 0.4) is 0 Å². The number of piperazine rings is 1. The minimum Gasteiger partial charge on any atom is -0.349 e. The van der Waals surface area contributed by atoms with Crippen molar-refractivity contribution >= 4 is 21.8 Å². The van der Waals surface area contributed by atoms with Crippen molar-refractivity contribution in [3.63, 3.8) is 0 Å². The summed E-state index contributed by atoms with van der Waals surface area (Å²) in [5.74, 6) is -0.280. The molecule has 0 saturated carbocycles. The number of rotatable bonds is 8. The number of nitrogens with one attached hydrogen (secondary N) is 1. The molecule has 2 aromatic rings. The summed E-state index contributed by atoms with van der Waals surface area (Å²) >= 11 is 0. The van der Waals surface area contributed by atoms with E-state index in [9.17, 15) is 18.0 Å². The molecule has 2 amide bonds. The van der Waals surface area contributed by atoms with Gasteiger partial charge in [-0.15, -0.1) is 0 Å². The summed E-state index contributed by atoms with van der Waals surface area (Å²) in [5, 5.41) is 3.01. The lowest BCUT2D eigenvalue weighted by molar-refractivity contribution is -0.134. The topological polar surface area (TPSA) is 86.8 Å². The third-order valence-corrected chi connectivity index (χ3v) is 7.95. The van der Waals surface area contributed by atoms with Gasteiger partial charge < -0.3 is 10.2 Å². The molecule has 1 N–H and O–H groups in total. The Kier molecular flexibility index (Phi) is 8.26. The van der Waals surface area contributed by atoms with Crippen LogP contribution < -0.4 is 5.32 Å². The Balaban J connectivity index is 1.47. The summed E-state index contributed by atoms with van der Waals surface area (Å²) < 4.78 is 27.1. The van der Waals surface area contributed by atoms with Gasteiger partial charge in [0.05, 0.1) is 10.9 Å². The molecule has 33 heavy (non-hydrogen) atoms. The second-order valence-corrected chi connectivity index (χ2v) is 10.5. The van der Waals surface area contributed by atoms with E-state index in [4.69, 9.17) is 0 Å². The predicted molar refractivity (Wildman–Crippen MR) is 128 cm³/mol. The first-order valence-corrected chi connectivity index (χ1v) is 12.8. The van der Waals surface area contributed by atoms with E-state index in [-0.39, 0.29) is 48.7 Å². The van der Waals surface area contributed by atoms with Crippen LogP contribution in [0.15, 0.2) is 53.4 Å². The van der Waals surface area contributed by atoms with E-state index < -0.39 is 10.0 Å². The van der Waals surface area contributed by atoms with Crippen LogP contribution in [0.25, 0.3) is 0 Å². The SMILES string of the molecule is CC[C@H](NC(=O)CCC(=O)N1CCN(S(=O)(=O)c2ccc(C)cc2)CC1)c1ccc(C)cc1. The van der Waals surface area contributed by atoms with E-state index in [0.717, 1.165) is 23.1 Å². The zero-order chi connectivity index (χ0) is 24.0. The molecule has 0 spiro atoms.